The van der Waals surface area contributed by atoms with Crippen molar-refractivity contribution in [3.05, 3.63) is 11.8 Å². The summed E-state index contributed by atoms with van der Waals surface area (Å²) in [5, 5.41) is 8.03. The highest BCUT2D eigenvalue weighted by Crippen LogP contribution is 2.31. The fraction of sp³-hybridized carbons (Fsp3) is 0.833. The van der Waals surface area contributed by atoms with Gasteiger partial charge in [0.25, 0.3) is 0 Å². The highest BCUT2D eigenvalue weighted by molar-refractivity contribution is 4.86. The number of hydrogen-bond acceptors (Lipinski definition) is 6. The summed E-state index contributed by atoms with van der Waals surface area (Å²) < 4.78 is 16.9. The number of hydrogen-bond donors (Lipinski definition) is 0. The number of rotatable bonds is 3. The predicted molar refractivity (Wildman–Crippen MR) is 62.8 cm³/mol. The van der Waals surface area contributed by atoms with Gasteiger partial charge in [0.05, 0.1) is 19.8 Å². The predicted octanol–water partition coefficient (Wildman–Crippen LogP) is 0.971. The first-order valence-electron chi connectivity index (χ1n) is 6.61. The van der Waals surface area contributed by atoms with Gasteiger partial charge in [-0.3, -0.25) is 4.90 Å². The molecule has 0 amide bonds. The zero-order valence-corrected chi connectivity index (χ0v) is 10.7. The highest BCUT2D eigenvalue weighted by atomic mass is 16.7. The van der Waals surface area contributed by atoms with E-state index in [-0.39, 0.29) is 5.79 Å². The molecule has 1 aromatic rings. The van der Waals surface area contributed by atoms with Crippen LogP contribution in [0.1, 0.15) is 31.5 Å². The lowest BCUT2D eigenvalue weighted by Gasteiger charge is -2.36. The average Bonchev–Trinajstić information content (AvgIpc) is 3.02. The number of piperidine rings is 1. The third kappa shape index (κ3) is 2.41. The Hall–Kier alpha value is -0.980. The van der Waals surface area contributed by atoms with Crippen LogP contribution in [0.25, 0.3) is 0 Å². The van der Waals surface area contributed by atoms with Crippen molar-refractivity contribution in [1.29, 1.82) is 0 Å². The standard InChI is InChI=1S/C12H19N3O3/c1-2-10-13-14-11(18-10)9-15-5-3-12(4-6-15)16-7-8-17-12/h2-9H2,1H3. The molecule has 6 heteroatoms. The van der Waals surface area contributed by atoms with Gasteiger partial charge >= 0.3 is 0 Å². The Balaban J connectivity index is 1.53. The molecule has 2 aliphatic heterocycles. The number of ether oxygens (including phenoxy) is 2. The Morgan fingerprint density at radius 3 is 2.39 bits per heavy atom. The Bertz CT molecular complexity index is 391. The van der Waals surface area contributed by atoms with Crippen molar-refractivity contribution in [3.63, 3.8) is 0 Å². The largest absolute Gasteiger partial charge is 0.424 e. The van der Waals surface area contributed by atoms with E-state index < -0.39 is 0 Å². The first-order chi connectivity index (χ1) is 8.80. The summed E-state index contributed by atoms with van der Waals surface area (Å²) in [6, 6.07) is 0. The fourth-order valence-electron chi connectivity index (χ4n) is 2.52. The molecule has 0 aromatic carbocycles. The molecule has 0 bridgehead atoms. The van der Waals surface area contributed by atoms with Crippen LogP contribution in [0.5, 0.6) is 0 Å². The van der Waals surface area contributed by atoms with Gasteiger partial charge < -0.3 is 13.9 Å². The van der Waals surface area contributed by atoms with E-state index in [1.54, 1.807) is 0 Å². The van der Waals surface area contributed by atoms with Crippen LogP contribution in [0.2, 0.25) is 0 Å². The molecule has 2 saturated heterocycles. The summed E-state index contributed by atoms with van der Waals surface area (Å²) >= 11 is 0. The number of aromatic nitrogens is 2. The molecule has 0 saturated carbocycles. The van der Waals surface area contributed by atoms with Gasteiger partial charge in [-0.05, 0) is 0 Å². The van der Waals surface area contributed by atoms with Crippen molar-refractivity contribution in [2.75, 3.05) is 26.3 Å². The van der Waals surface area contributed by atoms with E-state index in [4.69, 9.17) is 13.9 Å². The number of aryl methyl sites for hydroxylation is 1. The van der Waals surface area contributed by atoms with Crippen molar-refractivity contribution in [3.8, 4) is 0 Å². The molecule has 2 aliphatic rings. The Labute approximate surface area is 106 Å². The SMILES string of the molecule is CCc1nnc(CN2CCC3(CC2)OCCO3)o1. The van der Waals surface area contributed by atoms with Crippen molar-refractivity contribution >= 4 is 0 Å². The lowest BCUT2D eigenvalue weighted by molar-refractivity contribution is -0.186. The molecule has 18 heavy (non-hydrogen) atoms. The Morgan fingerprint density at radius 1 is 1.11 bits per heavy atom. The zero-order chi connectivity index (χ0) is 12.4. The molecule has 100 valence electrons. The van der Waals surface area contributed by atoms with Gasteiger partial charge in [-0.15, -0.1) is 10.2 Å². The number of likely N-dealkylation sites (tertiary alicyclic amines) is 1. The van der Waals surface area contributed by atoms with Gasteiger partial charge in [0.15, 0.2) is 5.79 Å². The summed E-state index contributed by atoms with van der Waals surface area (Å²) in [4.78, 5) is 2.31. The minimum Gasteiger partial charge on any atom is -0.424 e. The lowest BCUT2D eigenvalue weighted by atomic mass is 10.0. The first-order valence-corrected chi connectivity index (χ1v) is 6.61. The van der Waals surface area contributed by atoms with Crippen LogP contribution in [0.3, 0.4) is 0 Å². The van der Waals surface area contributed by atoms with Gasteiger partial charge in [0.1, 0.15) is 0 Å². The smallest absolute Gasteiger partial charge is 0.230 e. The van der Waals surface area contributed by atoms with Crippen LogP contribution in [0, 0.1) is 0 Å². The summed E-state index contributed by atoms with van der Waals surface area (Å²) in [5.41, 5.74) is 0. The van der Waals surface area contributed by atoms with Crippen molar-refractivity contribution < 1.29 is 13.9 Å². The zero-order valence-electron chi connectivity index (χ0n) is 10.7. The molecule has 0 radical (unpaired) electrons. The third-order valence-corrected chi connectivity index (χ3v) is 3.60. The molecule has 3 rings (SSSR count). The molecule has 3 heterocycles. The molecular weight excluding hydrogens is 234 g/mol. The van der Waals surface area contributed by atoms with Gasteiger partial charge in [-0.2, -0.15) is 0 Å². The minimum atomic E-state index is -0.306. The second kappa shape index (κ2) is 4.95. The summed E-state index contributed by atoms with van der Waals surface area (Å²) in [6.07, 6.45) is 2.63. The Morgan fingerprint density at radius 2 is 1.78 bits per heavy atom. The molecule has 2 fully saturated rings. The van der Waals surface area contributed by atoms with E-state index in [2.05, 4.69) is 15.1 Å². The van der Waals surface area contributed by atoms with Crippen molar-refractivity contribution in [1.82, 2.24) is 15.1 Å². The molecule has 0 N–H and O–H groups in total. The molecule has 1 spiro atoms. The van der Waals surface area contributed by atoms with Gasteiger partial charge in [-0.1, -0.05) is 6.92 Å². The van der Waals surface area contributed by atoms with Crippen LogP contribution in [-0.2, 0) is 22.4 Å². The molecule has 0 atom stereocenters. The second-order valence-electron chi connectivity index (χ2n) is 4.83. The maximum absolute atomic E-state index is 5.70. The van der Waals surface area contributed by atoms with Gasteiger partial charge in [-0.25, -0.2) is 0 Å². The normalized spacial score (nSPS) is 23.8. The van der Waals surface area contributed by atoms with Crippen LogP contribution in [-0.4, -0.2) is 47.2 Å². The molecule has 6 nitrogen and oxygen atoms in total. The highest BCUT2D eigenvalue weighted by Gasteiger charge is 2.39. The monoisotopic (exact) mass is 253 g/mol. The summed E-state index contributed by atoms with van der Waals surface area (Å²) in [6.45, 7) is 6.08. The average molecular weight is 253 g/mol. The quantitative estimate of drug-likeness (QED) is 0.800. The Kier molecular flexibility index (Phi) is 3.32. The van der Waals surface area contributed by atoms with E-state index in [1.807, 2.05) is 6.92 Å². The molecule has 0 aliphatic carbocycles. The third-order valence-electron chi connectivity index (χ3n) is 3.60. The van der Waals surface area contributed by atoms with Crippen molar-refractivity contribution in [2.45, 2.75) is 38.5 Å². The molecular formula is C12H19N3O3. The lowest BCUT2D eigenvalue weighted by Crippen LogP contribution is -2.44. The summed E-state index contributed by atoms with van der Waals surface area (Å²) in [5.74, 6) is 1.11. The maximum atomic E-state index is 5.70. The second-order valence-corrected chi connectivity index (χ2v) is 4.83. The fourth-order valence-corrected chi connectivity index (χ4v) is 2.52. The van der Waals surface area contributed by atoms with E-state index in [9.17, 15) is 0 Å². The molecule has 1 aromatic heterocycles. The maximum Gasteiger partial charge on any atom is 0.230 e. The number of nitrogens with zero attached hydrogens (tertiary/aromatic N) is 3. The van der Waals surface area contributed by atoms with Gasteiger partial charge in [0.2, 0.25) is 11.8 Å². The summed E-state index contributed by atoms with van der Waals surface area (Å²) in [7, 11) is 0. The van der Waals surface area contributed by atoms with Crippen LogP contribution >= 0.6 is 0 Å². The van der Waals surface area contributed by atoms with E-state index in [0.29, 0.717) is 11.8 Å². The van der Waals surface area contributed by atoms with Crippen LogP contribution < -0.4 is 0 Å². The minimum absolute atomic E-state index is 0.306. The van der Waals surface area contributed by atoms with Crippen molar-refractivity contribution in [2.24, 2.45) is 0 Å². The first kappa shape index (κ1) is 12.1. The van der Waals surface area contributed by atoms with E-state index >= 15 is 0 Å². The van der Waals surface area contributed by atoms with E-state index in [0.717, 1.165) is 52.1 Å². The molecule has 0 unspecified atom stereocenters. The van der Waals surface area contributed by atoms with E-state index in [1.165, 1.54) is 0 Å². The van der Waals surface area contributed by atoms with Crippen LogP contribution in [0.4, 0.5) is 0 Å². The topological polar surface area (TPSA) is 60.6 Å². The van der Waals surface area contributed by atoms with Gasteiger partial charge in [0, 0.05) is 32.4 Å². The van der Waals surface area contributed by atoms with Crippen LogP contribution in [0.15, 0.2) is 4.42 Å².